The summed E-state index contributed by atoms with van der Waals surface area (Å²) in [5.41, 5.74) is -0.538. The number of hydrogen-bond acceptors (Lipinski definition) is 2. The third-order valence-electron chi connectivity index (χ3n) is 6.19. The van der Waals surface area contributed by atoms with Crippen molar-refractivity contribution in [2.45, 2.75) is 69.5 Å². The largest absolute Gasteiger partial charge is 0.416 e. The molecule has 3 rings (SSSR count). The predicted molar refractivity (Wildman–Crippen MR) is 99.5 cm³/mol. The fourth-order valence-corrected chi connectivity index (χ4v) is 4.12. The van der Waals surface area contributed by atoms with Gasteiger partial charge >= 0.3 is 6.18 Å². The topological polar surface area (TPSA) is 58.2 Å². The quantitative estimate of drug-likeness (QED) is 0.765. The average molecular weight is 396 g/mol. The van der Waals surface area contributed by atoms with Gasteiger partial charge < -0.3 is 10.6 Å². The van der Waals surface area contributed by atoms with Gasteiger partial charge in [-0.3, -0.25) is 9.59 Å². The van der Waals surface area contributed by atoms with E-state index in [9.17, 15) is 22.8 Å². The molecule has 1 aromatic rings. The molecule has 4 nitrogen and oxygen atoms in total. The normalized spacial score (nSPS) is 20.3. The highest BCUT2D eigenvalue weighted by Gasteiger charge is 2.38. The lowest BCUT2D eigenvalue weighted by atomic mass is 9.78. The second-order valence-electron chi connectivity index (χ2n) is 8.14. The van der Waals surface area contributed by atoms with Gasteiger partial charge in [0.2, 0.25) is 11.8 Å². The Morgan fingerprint density at radius 3 is 2.43 bits per heavy atom. The number of halogens is 3. The monoisotopic (exact) mass is 396 g/mol. The van der Waals surface area contributed by atoms with Crippen molar-refractivity contribution in [3.05, 3.63) is 35.4 Å². The van der Waals surface area contributed by atoms with Crippen LogP contribution in [-0.4, -0.2) is 24.4 Å². The third-order valence-corrected chi connectivity index (χ3v) is 6.19. The van der Waals surface area contributed by atoms with Crippen molar-refractivity contribution in [1.29, 1.82) is 0 Å². The second-order valence-corrected chi connectivity index (χ2v) is 8.14. The summed E-state index contributed by atoms with van der Waals surface area (Å²) in [5.74, 6) is -0.394. The molecule has 154 valence electrons. The Hall–Kier alpha value is -2.05. The zero-order valence-electron chi connectivity index (χ0n) is 16.1. The molecule has 0 aliphatic heterocycles. The van der Waals surface area contributed by atoms with Gasteiger partial charge in [0.25, 0.3) is 0 Å². The fraction of sp³-hybridized carbons (Fsp3) is 0.619. The van der Waals surface area contributed by atoms with Crippen LogP contribution < -0.4 is 10.6 Å². The van der Waals surface area contributed by atoms with Crippen LogP contribution in [0.15, 0.2) is 24.3 Å². The van der Waals surface area contributed by atoms with E-state index < -0.39 is 23.2 Å². The number of alkyl halides is 3. The lowest BCUT2D eigenvalue weighted by Crippen LogP contribution is -2.50. The van der Waals surface area contributed by atoms with E-state index in [0.717, 1.165) is 51.0 Å². The molecule has 0 saturated heterocycles. The first-order chi connectivity index (χ1) is 13.2. The lowest BCUT2D eigenvalue weighted by Gasteiger charge is -2.31. The highest BCUT2D eigenvalue weighted by molar-refractivity contribution is 5.88. The highest BCUT2D eigenvalue weighted by atomic mass is 19.4. The Morgan fingerprint density at radius 1 is 1.18 bits per heavy atom. The molecule has 1 unspecified atom stereocenters. The predicted octanol–water partition coefficient (Wildman–Crippen LogP) is 3.94. The van der Waals surface area contributed by atoms with E-state index in [-0.39, 0.29) is 24.3 Å². The molecule has 0 heterocycles. The summed E-state index contributed by atoms with van der Waals surface area (Å²) in [7, 11) is 0. The van der Waals surface area contributed by atoms with Crippen molar-refractivity contribution in [1.82, 2.24) is 10.6 Å². The van der Waals surface area contributed by atoms with Crippen molar-refractivity contribution in [3.63, 3.8) is 0 Å². The summed E-state index contributed by atoms with van der Waals surface area (Å²) in [6.07, 6.45) is 1.67. The van der Waals surface area contributed by atoms with Crippen LogP contribution in [0.3, 0.4) is 0 Å². The number of nitrogens with one attached hydrogen (secondary N) is 2. The SMILES string of the molecule is CC(NC(=O)C1CCC1)C(=O)NCC1(c2cccc(C(F)(F)F)c2)CCCC1. The Morgan fingerprint density at radius 2 is 1.86 bits per heavy atom. The van der Waals surface area contributed by atoms with Crippen molar-refractivity contribution in [3.8, 4) is 0 Å². The number of rotatable bonds is 6. The van der Waals surface area contributed by atoms with E-state index in [2.05, 4.69) is 10.6 Å². The van der Waals surface area contributed by atoms with E-state index >= 15 is 0 Å². The van der Waals surface area contributed by atoms with Crippen LogP contribution in [0.4, 0.5) is 13.2 Å². The zero-order valence-corrected chi connectivity index (χ0v) is 16.1. The van der Waals surface area contributed by atoms with Crippen LogP contribution in [0, 0.1) is 5.92 Å². The van der Waals surface area contributed by atoms with Crippen LogP contribution in [0.2, 0.25) is 0 Å². The average Bonchev–Trinajstić information content (AvgIpc) is 3.07. The summed E-state index contributed by atoms with van der Waals surface area (Å²) in [6, 6.07) is 4.77. The maximum Gasteiger partial charge on any atom is 0.416 e. The summed E-state index contributed by atoms with van der Waals surface area (Å²) < 4.78 is 39.3. The van der Waals surface area contributed by atoms with E-state index in [0.29, 0.717) is 5.56 Å². The molecular weight excluding hydrogens is 369 g/mol. The van der Waals surface area contributed by atoms with Crippen molar-refractivity contribution in [2.75, 3.05) is 6.54 Å². The van der Waals surface area contributed by atoms with Crippen molar-refractivity contribution in [2.24, 2.45) is 5.92 Å². The molecule has 0 radical (unpaired) electrons. The van der Waals surface area contributed by atoms with Gasteiger partial charge in [-0.15, -0.1) is 0 Å². The van der Waals surface area contributed by atoms with E-state index in [4.69, 9.17) is 0 Å². The van der Waals surface area contributed by atoms with Crippen LogP contribution in [0.25, 0.3) is 0 Å². The minimum Gasteiger partial charge on any atom is -0.353 e. The smallest absolute Gasteiger partial charge is 0.353 e. The zero-order chi connectivity index (χ0) is 20.4. The van der Waals surface area contributed by atoms with E-state index in [1.165, 1.54) is 12.1 Å². The van der Waals surface area contributed by atoms with Crippen LogP contribution in [-0.2, 0) is 21.2 Å². The maximum atomic E-state index is 13.1. The highest BCUT2D eigenvalue weighted by Crippen LogP contribution is 2.42. The first kappa shape index (κ1) is 20.7. The molecule has 2 saturated carbocycles. The Kier molecular flexibility index (Phi) is 6.01. The van der Waals surface area contributed by atoms with Gasteiger partial charge in [-0.05, 0) is 44.2 Å². The first-order valence-electron chi connectivity index (χ1n) is 9.97. The van der Waals surface area contributed by atoms with Crippen molar-refractivity contribution < 1.29 is 22.8 Å². The van der Waals surface area contributed by atoms with Crippen LogP contribution in [0.1, 0.15) is 63.0 Å². The molecule has 2 fully saturated rings. The molecule has 7 heteroatoms. The fourth-order valence-electron chi connectivity index (χ4n) is 4.12. The maximum absolute atomic E-state index is 13.1. The number of hydrogen-bond donors (Lipinski definition) is 2. The molecule has 2 amide bonds. The lowest BCUT2D eigenvalue weighted by molar-refractivity contribution is -0.137. The first-order valence-corrected chi connectivity index (χ1v) is 9.97. The Balaban J connectivity index is 1.66. The van der Waals surface area contributed by atoms with Crippen LogP contribution in [0.5, 0.6) is 0 Å². The number of amides is 2. The molecule has 1 aromatic carbocycles. The second kappa shape index (κ2) is 8.13. The van der Waals surface area contributed by atoms with E-state index in [1.54, 1.807) is 13.0 Å². The molecule has 0 aromatic heterocycles. The van der Waals surface area contributed by atoms with Gasteiger partial charge in [-0.25, -0.2) is 0 Å². The number of benzene rings is 1. The van der Waals surface area contributed by atoms with Gasteiger partial charge in [0.05, 0.1) is 5.56 Å². The Labute approximate surface area is 163 Å². The molecule has 0 spiro atoms. The molecule has 2 aliphatic rings. The Bertz CT molecular complexity index is 723. The van der Waals surface area contributed by atoms with Gasteiger partial charge in [-0.2, -0.15) is 13.2 Å². The molecule has 2 N–H and O–H groups in total. The summed E-state index contributed by atoms with van der Waals surface area (Å²) >= 11 is 0. The number of carbonyl (C=O) groups excluding carboxylic acids is 2. The molecule has 0 bridgehead atoms. The standard InChI is InChI=1S/C21H27F3N2O2/c1-14(26-19(28)15-6-4-7-15)18(27)25-13-20(10-2-3-11-20)16-8-5-9-17(12-16)21(22,23)24/h5,8-9,12,14-15H,2-4,6-7,10-11,13H2,1H3,(H,25,27)(H,26,28). The summed E-state index contributed by atoms with van der Waals surface area (Å²) in [4.78, 5) is 24.5. The molecule has 28 heavy (non-hydrogen) atoms. The van der Waals surface area contributed by atoms with Crippen LogP contribution >= 0.6 is 0 Å². The summed E-state index contributed by atoms with van der Waals surface area (Å²) in [5, 5.41) is 5.61. The van der Waals surface area contributed by atoms with E-state index in [1.807, 2.05) is 0 Å². The minimum absolute atomic E-state index is 0.00142. The van der Waals surface area contributed by atoms with Gasteiger partial charge in [0.15, 0.2) is 0 Å². The van der Waals surface area contributed by atoms with Gasteiger partial charge in [0.1, 0.15) is 6.04 Å². The van der Waals surface area contributed by atoms with Gasteiger partial charge in [-0.1, -0.05) is 37.5 Å². The summed E-state index contributed by atoms with van der Waals surface area (Å²) in [6.45, 7) is 1.91. The third kappa shape index (κ3) is 4.50. The number of carbonyl (C=O) groups is 2. The molecule has 1 atom stereocenters. The molecule has 2 aliphatic carbocycles. The molecular formula is C21H27F3N2O2. The van der Waals surface area contributed by atoms with Gasteiger partial charge in [0, 0.05) is 17.9 Å². The minimum atomic E-state index is -4.39. The van der Waals surface area contributed by atoms with Crippen molar-refractivity contribution >= 4 is 11.8 Å².